The number of halogens is 1. The van der Waals surface area contributed by atoms with Gasteiger partial charge in [-0.05, 0) is 64.2 Å². The van der Waals surface area contributed by atoms with Gasteiger partial charge in [0, 0.05) is 0 Å². The summed E-state index contributed by atoms with van der Waals surface area (Å²) in [6.07, 6.45) is 1.52. The van der Waals surface area contributed by atoms with Crippen LogP contribution in [0.1, 0.15) is 21.5 Å². The highest BCUT2D eigenvalue weighted by Crippen LogP contribution is 2.36. The molecule has 0 fully saturated rings. The van der Waals surface area contributed by atoms with E-state index in [2.05, 4.69) is 15.9 Å². The number of carbonyl (C=O) groups is 1. The zero-order valence-electron chi connectivity index (χ0n) is 14.7. The molecule has 0 aliphatic rings. The van der Waals surface area contributed by atoms with Crippen LogP contribution in [0.25, 0.3) is 0 Å². The van der Waals surface area contributed by atoms with Gasteiger partial charge in [0.2, 0.25) is 0 Å². The monoisotopic (exact) mass is 408 g/mol. The first kappa shape index (κ1) is 19.1. The van der Waals surface area contributed by atoms with Gasteiger partial charge in [-0.15, -0.1) is 0 Å². The van der Waals surface area contributed by atoms with Gasteiger partial charge in [0.1, 0.15) is 21.7 Å². The Hall–Kier alpha value is -2.21. The van der Waals surface area contributed by atoms with E-state index < -0.39 is 0 Å². The highest BCUT2D eigenvalue weighted by molar-refractivity contribution is 9.10. The summed E-state index contributed by atoms with van der Waals surface area (Å²) in [6.45, 7) is 0. The van der Waals surface area contributed by atoms with Gasteiger partial charge in [0.15, 0.2) is 0 Å². The van der Waals surface area contributed by atoms with Crippen LogP contribution in [-0.4, -0.2) is 34.4 Å². The summed E-state index contributed by atoms with van der Waals surface area (Å²) in [7, 11) is 6.19. The third-order valence-corrected chi connectivity index (χ3v) is 4.68. The van der Waals surface area contributed by atoms with E-state index in [1.54, 1.807) is 33.5 Å². The van der Waals surface area contributed by atoms with E-state index in [4.69, 9.17) is 18.9 Å². The molecular weight excluding hydrogens is 388 g/mol. The van der Waals surface area contributed by atoms with E-state index in [9.17, 15) is 4.79 Å². The number of carbonyl (C=O) groups excluding carboxylic acids is 1. The van der Waals surface area contributed by atoms with Crippen LogP contribution in [0.4, 0.5) is 0 Å². The molecule has 5 nitrogen and oxygen atoms in total. The minimum atomic E-state index is -0.382. The molecule has 0 radical (unpaired) electrons. The van der Waals surface area contributed by atoms with Crippen LogP contribution < -0.4 is 14.2 Å². The van der Waals surface area contributed by atoms with Crippen LogP contribution in [0, 0.1) is 0 Å². The normalized spacial score (nSPS) is 10.3. The Bertz CT molecular complexity index is 732. The predicted molar refractivity (Wildman–Crippen MR) is 99.0 cm³/mol. The maximum Gasteiger partial charge on any atom is 0.337 e. The Kier molecular flexibility index (Phi) is 6.70. The maximum atomic E-state index is 11.6. The smallest absolute Gasteiger partial charge is 0.337 e. The fraction of sp³-hybridized carbons (Fsp3) is 0.316. The molecule has 0 saturated heterocycles. The minimum absolute atomic E-state index is 0.382. The van der Waals surface area contributed by atoms with Crippen molar-refractivity contribution in [2.75, 3.05) is 28.4 Å². The molecule has 134 valence electrons. The topological polar surface area (TPSA) is 54.0 Å². The van der Waals surface area contributed by atoms with Gasteiger partial charge in [0.25, 0.3) is 0 Å². The van der Waals surface area contributed by atoms with Crippen molar-refractivity contribution in [1.82, 2.24) is 0 Å². The Morgan fingerprint density at radius 3 is 2.00 bits per heavy atom. The molecule has 25 heavy (non-hydrogen) atoms. The Balaban J connectivity index is 2.22. The Morgan fingerprint density at radius 2 is 1.48 bits per heavy atom. The van der Waals surface area contributed by atoms with Crippen molar-refractivity contribution in [2.24, 2.45) is 0 Å². The van der Waals surface area contributed by atoms with E-state index >= 15 is 0 Å². The zero-order chi connectivity index (χ0) is 18.4. The van der Waals surface area contributed by atoms with E-state index in [0.717, 1.165) is 39.9 Å². The van der Waals surface area contributed by atoms with Crippen molar-refractivity contribution in [1.29, 1.82) is 0 Å². The molecule has 2 aromatic rings. The van der Waals surface area contributed by atoms with Gasteiger partial charge in [-0.2, -0.15) is 0 Å². The van der Waals surface area contributed by atoms with Crippen molar-refractivity contribution in [3.05, 3.63) is 51.5 Å². The van der Waals surface area contributed by atoms with Gasteiger partial charge in [-0.3, -0.25) is 0 Å². The summed E-state index contributed by atoms with van der Waals surface area (Å²) in [5.74, 6) is 1.73. The van der Waals surface area contributed by atoms with Crippen LogP contribution >= 0.6 is 15.9 Å². The lowest BCUT2D eigenvalue weighted by Gasteiger charge is -2.13. The average Bonchev–Trinajstić information content (AvgIpc) is 2.66. The first-order chi connectivity index (χ1) is 12.0. The summed E-state index contributed by atoms with van der Waals surface area (Å²) < 4.78 is 21.7. The van der Waals surface area contributed by atoms with Crippen molar-refractivity contribution in [3.8, 4) is 17.2 Å². The number of rotatable bonds is 7. The largest absolute Gasteiger partial charge is 0.496 e. The number of benzene rings is 2. The number of aryl methyl sites for hydroxylation is 2. The fourth-order valence-electron chi connectivity index (χ4n) is 2.54. The highest BCUT2D eigenvalue weighted by atomic mass is 79.9. The number of hydrogen-bond acceptors (Lipinski definition) is 5. The Labute approximate surface area is 156 Å². The number of methoxy groups -OCH3 is 4. The molecule has 6 heteroatoms. The van der Waals surface area contributed by atoms with E-state index in [1.165, 1.54) is 7.11 Å². The molecule has 2 rings (SSSR count). The molecule has 0 aromatic heterocycles. The van der Waals surface area contributed by atoms with Gasteiger partial charge in [-0.1, -0.05) is 6.07 Å². The summed E-state index contributed by atoms with van der Waals surface area (Å²) in [4.78, 5) is 11.6. The molecule has 0 atom stereocenters. The van der Waals surface area contributed by atoms with Crippen LogP contribution in [0.2, 0.25) is 0 Å². The molecule has 0 N–H and O–H groups in total. The third kappa shape index (κ3) is 4.45. The minimum Gasteiger partial charge on any atom is -0.496 e. The SMILES string of the molecule is COC(=O)c1ccc(CCc2cc(OC)c(Br)c(OC)c2)c(OC)c1. The zero-order valence-corrected chi connectivity index (χ0v) is 16.3. The third-order valence-electron chi connectivity index (χ3n) is 3.90. The molecule has 0 aliphatic carbocycles. The lowest BCUT2D eigenvalue weighted by atomic mass is 10.0. The summed E-state index contributed by atoms with van der Waals surface area (Å²) in [5.41, 5.74) is 2.56. The molecule has 0 saturated carbocycles. The molecule has 0 amide bonds. The predicted octanol–water partition coefficient (Wildman–Crippen LogP) is 4.05. The number of hydrogen-bond donors (Lipinski definition) is 0. The molecule has 2 aromatic carbocycles. The van der Waals surface area contributed by atoms with Crippen molar-refractivity contribution in [3.63, 3.8) is 0 Å². The number of ether oxygens (including phenoxy) is 4. The van der Waals surface area contributed by atoms with E-state index in [-0.39, 0.29) is 5.97 Å². The van der Waals surface area contributed by atoms with Crippen LogP contribution in [-0.2, 0) is 17.6 Å². The van der Waals surface area contributed by atoms with Crippen molar-refractivity contribution in [2.45, 2.75) is 12.8 Å². The van der Waals surface area contributed by atoms with Crippen molar-refractivity contribution >= 4 is 21.9 Å². The van der Waals surface area contributed by atoms with Crippen LogP contribution in [0.15, 0.2) is 34.8 Å². The lowest BCUT2D eigenvalue weighted by molar-refractivity contribution is 0.0600. The maximum absolute atomic E-state index is 11.6. The van der Waals surface area contributed by atoms with Gasteiger partial charge < -0.3 is 18.9 Å². The molecular formula is C19H21BrO5. The average molecular weight is 409 g/mol. The molecule has 0 bridgehead atoms. The second-order valence-corrected chi connectivity index (χ2v) is 6.13. The Morgan fingerprint density at radius 1 is 0.880 bits per heavy atom. The van der Waals surface area contributed by atoms with Gasteiger partial charge in [-0.25, -0.2) is 4.79 Å². The second-order valence-electron chi connectivity index (χ2n) is 5.33. The molecule has 0 unspecified atom stereocenters. The van der Waals surface area contributed by atoms with Crippen molar-refractivity contribution < 1.29 is 23.7 Å². The molecule has 0 aliphatic heterocycles. The first-order valence-electron chi connectivity index (χ1n) is 7.69. The highest BCUT2D eigenvalue weighted by Gasteiger charge is 2.13. The van der Waals surface area contributed by atoms with Gasteiger partial charge in [0.05, 0.1) is 34.0 Å². The summed E-state index contributed by atoms with van der Waals surface area (Å²) >= 11 is 3.47. The number of esters is 1. The van der Waals surface area contributed by atoms with E-state index in [0.29, 0.717) is 11.3 Å². The summed E-state index contributed by atoms with van der Waals surface area (Å²) in [5, 5.41) is 0. The van der Waals surface area contributed by atoms with E-state index in [1.807, 2.05) is 18.2 Å². The van der Waals surface area contributed by atoms with Crippen LogP contribution in [0.3, 0.4) is 0 Å². The standard InChI is InChI=1S/C19H21BrO5/c1-22-15-11-14(19(21)25-4)8-7-13(15)6-5-12-9-16(23-2)18(20)17(10-12)24-3/h7-11H,5-6H2,1-4H3. The van der Waals surface area contributed by atoms with Gasteiger partial charge >= 0.3 is 5.97 Å². The molecule has 0 heterocycles. The lowest BCUT2D eigenvalue weighted by Crippen LogP contribution is -2.03. The fourth-order valence-corrected chi connectivity index (χ4v) is 3.10. The molecule has 0 spiro atoms. The quantitative estimate of drug-likeness (QED) is 0.646. The van der Waals surface area contributed by atoms with Crippen LogP contribution in [0.5, 0.6) is 17.2 Å². The first-order valence-corrected chi connectivity index (χ1v) is 8.49. The summed E-state index contributed by atoms with van der Waals surface area (Å²) in [6, 6.07) is 9.28. The second kappa shape index (κ2) is 8.76.